The van der Waals surface area contributed by atoms with Crippen molar-refractivity contribution in [2.75, 3.05) is 12.3 Å². The Bertz CT molecular complexity index is 1720. The van der Waals surface area contributed by atoms with Crippen molar-refractivity contribution in [1.29, 1.82) is 0 Å². The fourth-order valence-corrected chi connectivity index (χ4v) is 9.40. The first kappa shape index (κ1) is 52.5. The topological polar surface area (TPSA) is 376 Å². The Kier molecular flexibility index (Phi) is 14.9. The summed E-state index contributed by atoms with van der Waals surface area (Å²) in [6, 6.07) is -6.08. The van der Waals surface area contributed by atoms with Crippen molar-refractivity contribution in [3.05, 3.63) is 0 Å². The number of likely N-dealkylation sites (tertiary alicyclic amines) is 1. The largest absolute Gasteiger partial charge is 0.381 e. The van der Waals surface area contributed by atoms with E-state index in [0.29, 0.717) is 19.3 Å². The average molecular weight is 900 g/mol. The number of amides is 5. The van der Waals surface area contributed by atoms with Crippen LogP contribution in [-0.2, 0) is 24.2 Å². The Morgan fingerprint density at radius 2 is 1.30 bits per heavy atom. The second-order valence-corrected chi connectivity index (χ2v) is 22.5. The minimum absolute atomic E-state index is 0.00310. The van der Waals surface area contributed by atoms with Gasteiger partial charge in [-0.1, -0.05) is 61.3 Å². The van der Waals surface area contributed by atoms with E-state index in [0.717, 1.165) is 33.6 Å². The van der Waals surface area contributed by atoms with Crippen molar-refractivity contribution in [2.24, 2.45) is 23.2 Å². The quantitative estimate of drug-likeness (QED) is 0.0695. The van der Waals surface area contributed by atoms with E-state index in [4.69, 9.17) is 0 Å². The standard InChI is InChI=1S/C38H69N5O17S/c1-11-12-13-23(25(44)28(46)39-21-14-15-21)40-27(45)24-22(16-19(2)3)20(4)17-43(24)29(47)26(31(5,6)7)41-30(48)42-33(18-61(59,60)32(8,9)10)34(49,50)36(53,54)38(57,58)37(55,56)35(33,51)52/h19-26,44,49-58H,11-18H2,1-10H3,(H,39,46)(H,40,45)(H2,41,42,48). The van der Waals surface area contributed by atoms with Gasteiger partial charge in [-0.2, -0.15) is 0 Å². The van der Waals surface area contributed by atoms with Crippen LogP contribution in [0.3, 0.4) is 0 Å². The molecule has 6 unspecified atom stereocenters. The van der Waals surface area contributed by atoms with Gasteiger partial charge < -0.3 is 82.3 Å². The highest BCUT2D eigenvalue weighted by Crippen LogP contribution is 2.55. The highest BCUT2D eigenvalue weighted by Gasteiger charge is 2.92. The first-order valence-corrected chi connectivity index (χ1v) is 22.1. The van der Waals surface area contributed by atoms with Crippen molar-refractivity contribution in [2.45, 2.75) is 177 Å². The molecule has 2 aliphatic carbocycles. The fourth-order valence-electron chi connectivity index (χ4n) is 7.92. The van der Waals surface area contributed by atoms with Crippen LogP contribution in [0, 0.1) is 23.2 Å². The van der Waals surface area contributed by atoms with E-state index in [1.165, 1.54) is 31.0 Å². The molecule has 1 heterocycles. The van der Waals surface area contributed by atoms with E-state index in [1.807, 2.05) is 20.8 Å². The molecule has 0 bridgehead atoms. The van der Waals surface area contributed by atoms with Crippen molar-refractivity contribution in [3.8, 4) is 0 Å². The van der Waals surface area contributed by atoms with E-state index < -0.39 is 114 Å². The van der Waals surface area contributed by atoms with Crippen LogP contribution in [0.25, 0.3) is 0 Å². The summed E-state index contributed by atoms with van der Waals surface area (Å²) in [6.45, 7) is 14.8. The van der Waals surface area contributed by atoms with Crippen LogP contribution in [0.4, 0.5) is 4.79 Å². The summed E-state index contributed by atoms with van der Waals surface area (Å²) in [5.74, 6) is -30.7. The van der Waals surface area contributed by atoms with Gasteiger partial charge in [0.2, 0.25) is 11.8 Å². The van der Waals surface area contributed by atoms with Gasteiger partial charge in [0.1, 0.15) is 12.1 Å². The Morgan fingerprint density at radius 3 is 1.72 bits per heavy atom. The lowest BCUT2D eigenvalue weighted by Crippen LogP contribution is -2.99. The number of hydrogen-bond acceptors (Lipinski definition) is 17. The summed E-state index contributed by atoms with van der Waals surface area (Å²) in [5, 5.41) is 129. The molecule has 5 amide bonds. The molecule has 6 atom stereocenters. The number of urea groups is 1. The Labute approximate surface area is 355 Å². The first-order chi connectivity index (χ1) is 27.3. The van der Waals surface area contributed by atoms with Gasteiger partial charge in [0, 0.05) is 12.6 Å². The molecule has 354 valence electrons. The van der Waals surface area contributed by atoms with Crippen LogP contribution in [0.15, 0.2) is 0 Å². The molecule has 2 saturated carbocycles. The van der Waals surface area contributed by atoms with Gasteiger partial charge in [0.05, 0.1) is 16.5 Å². The molecule has 3 fully saturated rings. The average Bonchev–Trinajstić information content (AvgIpc) is 3.86. The van der Waals surface area contributed by atoms with E-state index in [1.54, 1.807) is 6.92 Å². The van der Waals surface area contributed by atoms with E-state index >= 15 is 0 Å². The van der Waals surface area contributed by atoms with Gasteiger partial charge in [-0.3, -0.25) is 14.4 Å². The molecule has 1 aliphatic heterocycles. The molecule has 0 aromatic carbocycles. The maximum Gasteiger partial charge on any atom is 0.316 e. The highest BCUT2D eigenvalue weighted by atomic mass is 32.2. The normalized spacial score (nSPS) is 26.8. The van der Waals surface area contributed by atoms with Gasteiger partial charge in [0.25, 0.3) is 34.8 Å². The lowest BCUT2D eigenvalue weighted by atomic mass is 9.62. The number of hydrogen-bond donors (Lipinski definition) is 15. The number of nitrogens with one attached hydrogen (secondary N) is 4. The SMILES string of the molecule is CCCCC(NC(=O)C1C(CC(C)C)C(C)CN1C(=O)C(NC(=O)NC1(CS(=O)(=O)C(C)(C)C)C(O)(O)C(O)(O)C(O)(O)C(O)(O)C1(O)O)C(C)(C)C)C(O)C(=O)NC1CC1. The number of sulfone groups is 1. The molecular formula is C38H69N5O17S. The molecule has 22 nitrogen and oxygen atoms in total. The van der Waals surface area contributed by atoms with Crippen LogP contribution in [0.5, 0.6) is 0 Å². The molecule has 0 radical (unpaired) electrons. The Balaban J connectivity index is 2.14. The number of carbonyl (C=O) groups is 4. The Hall–Kier alpha value is -2.81. The summed E-state index contributed by atoms with van der Waals surface area (Å²) in [5.41, 5.74) is -5.80. The summed E-state index contributed by atoms with van der Waals surface area (Å²) in [7, 11) is -5.09. The molecule has 61 heavy (non-hydrogen) atoms. The molecule has 3 aliphatic rings. The van der Waals surface area contributed by atoms with Crippen molar-refractivity contribution >= 4 is 33.6 Å². The molecule has 23 heteroatoms. The van der Waals surface area contributed by atoms with Crippen molar-refractivity contribution < 1.29 is 83.8 Å². The molecule has 1 saturated heterocycles. The molecular weight excluding hydrogens is 831 g/mol. The number of rotatable bonds is 15. The van der Waals surface area contributed by atoms with E-state index in [9.17, 15) is 83.8 Å². The zero-order valence-electron chi connectivity index (χ0n) is 36.5. The van der Waals surface area contributed by atoms with Gasteiger partial charge in [0.15, 0.2) is 21.5 Å². The maximum atomic E-state index is 14.8. The zero-order chi connectivity index (χ0) is 47.5. The molecule has 0 aromatic heterocycles. The van der Waals surface area contributed by atoms with Crippen LogP contribution in [0.1, 0.15) is 108 Å². The monoisotopic (exact) mass is 899 g/mol. The number of aliphatic hydroxyl groups excluding tert-OH is 1. The third-order valence-electron chi connectivity index (χ3n) is 12.2. The predicted octanol–water partition coefficient (Wildman–Crippen LogP) is -4.11. The summed E-state index contributed by atoms with van der Waals surface area (Å²) in [6.07, 6.45) is 1.67. The highest BCUT2D eigenvalue weighted by molar-refractivity contribution is 7.92. The molecule has 3 rings (SSSR count). The second-order valence-electron chi connectivity index (χ2n) is 19.7. The van der Waals surface area contributed by atoms with Crippen LogP contribution >= 0.6 is 0 Å². The van der Waals surface area contributed by atoms with Gasteiger partial charge in [-0.25, -0.2) is 13.2 Å². The predicted molar refractivity (Wildman–Crippen MR) is 213 cm³/mol. The number of aliphatic hydroxyl groups is 11. The maximum absolute atomic E-state index is 14.8. The van der Waals surface area contributed by atoms with Gasteiger partial charge in [-0.05, 0) is 69.6 Å². The van der Waals surface area contributed by atoms with E-state index in [2.05, 4.69) is 16.0 Å². The molecule has 15 N–H and O–H groups in total. The molecule has 0 aromatic rings. The summed E-state index contributed by atoms with van der Waals surface area (Å²) < 4.78 is 25.2. The molecule has 0 spiro atoms. The lowest BCUT2D eigenvalue weighted by molar-refractivity contribution is -0.592. The number of carbonyl (C=O) groups excluding carboxylic acids is 4. The van der Waals surface area contributed by atoms with E-state index in [-0.39, 0.29) is 30.8 Å². The number of unbranched alkanes of at least 4 members (excludes halogenated alkanes) is 1. The second kappa shape index (κ2) is 17.3. The first-order valence-electron chi connectivity index (χ1n) is 20.4. The lowest BCUT2D eigenvalue weighted by Gasteiger charge is -2.64. The van der Waals surface area contributed by atoms with Crippen LogP contribution in [0.2, 0.25) is 0 Å². The smallest absolute Gasteiger partial charge is 0.316 e. The summed E-state index contributed by atoms with van der Waals surface area (Å²) >= 11 is 0. The Morgan fingerprint density at radius 1 is 0.803 bits per heavy atom. The van der Waals surface area contributed by atoms with Gasteiger partial charge >= 0.3 is 6.03 Å². The minimum Gasteiger partial charge on any atom is -0.381 e. The fraction of sp³-hybridized carbons (Fsp3) is 0.895. The van der Waals surface area contributed by atoms with Crippen LogP contribution < -0.4 is 21.3 Å². The third kappa shape index (κ3) is 9.39. The van der Waals surface area contributed by atoms with Crippen molar-refractivity contribution in [3.63, 3.8) is 0 Å². The minimum atomic E-state index is -5.11. The van der Waals surface area contributed by atoms with Crippen molar-refractivity contribution in [1.82, 2.24) is 26.2 Å². The number of nitrogens with zero attached hydrogens (tertiary/aromatic N) is 1. The summed E-state index contributed by atoms with van der Waals surface area (Å²) in [4.78, 5) is 57.4. The zero-order valence-corrected chi connectivity index (χ0v) is 37.3. The van der Waals surface area contributed by atoms with Crippen LogP contribution in [-0.4, -0.2) is 175 Å². The van der Waals surface area contributed by atoms with Gasteiger partial charge in [-0.15, -0.1) is 0 Å². The third-order valence-corrected chi connectivity index (χ3v) is 14.9.